The van der Waals surface area contributed by atoms with Gasteiger partial charge in [0.2, 0.25) is 0 Å². The first-order valence-corrected chi connectivity index (χ1v) is 8.75. The lowest BCUT2D eigenvalue weighted by atomic mass is 9.90. The van der Waals surface area contributed by atoms with Gasteiger partial charge in [0.15, 0.2) is 0 Å². The summed E-state index contributed by atoms with van der Waals surface area (Å²) in [5.74, 6) is 1.00. The van der Waals surface area contributed by atoms with Crippen LogP contribution in [0.1, 0.15) is 52.0 Å². The summed E-state index contributed by atoms with van der Waals surface area (Å²) >= 11 is 0. The third-order valence-electron chi connectivity index (χ3n) is 4.68. The molecule has 1 fully saturated rings. The highest BCUT2D eigenvalue weighted by Crippen LogP contribution is 2.30. The molecule has 0 amide bonds. The molecule has 0 saturated heterocycles. The van der Waals surface area contributed by atoms with Crippen molar-refractivity contribution in [2.24, 2.45) is 5.41 Å². The lowest BCUT2D eigenvalue weighted by Gasteiger charge is -2.32. The molecule has 1 aliphatic carbocycles. The summed E-state index contributed by atoms with van der Waals surface area (Å²) < 4.78 is 6.34. The Kier molecular flexibility index (Phi) is 4.62. The highest BCUT2D eigenvalue weighted by molar-refractivity contribution is 5.83. The first kappa shape index (κ1) is 16.3. The maximum Gasteiger partial charge on any atom is 0.123 e. The number of nitrogens with one attached hydrogen (secondary N) is 2. The fourth-order valence-electron chi connectivity index (χ4n) is 3.33. The maximum atomic E-state index is 6.34. The van der Waals surface area contributed by atoms with E-state index in [1.807, 2.05) is 6.20 Å². The van der Waals surface area contributed by atoms with Gasteiger partial charge in [-0.05, 0) is 50.2 Å². The average Bonchev–Trinajstić information content (AvgIpc) is 2.97. The van der Waals surface area contributed by atoms with Crippen LogP contribution in [0.25, 0.3) is 10.9 Å². The summed E-state index contributed by atoms with van der Waals surface area (Å²) in [5.41, 5.74) is 2.58. The molecule has 1 aliphatic rings. The summed E-state index contributed by atoms with van der Waals surface area (Å²) in [4.78, 5) is 0. The molecule has 2 atom stereocenters. The Morgan fingerprint density at radius 1 is 1.30 bits per heavy atom. The molecule has 4 heteroatoms. The quantitative estimate of drug-likeness (QED) is 0.889. The van der Waals surface area contributed by atoms with Gasteiger partial charge in [0, 0.05) is 23.5 Å². The van der Waals surface area contributed by atoms with E-state index < -0.39 is 0 Å². The SMILES string of the molecule is Cc1c(O[C@H]2CCC[C@@H](NCC(C)(C)C)C2)ccc2[nH]ncc12. The zero-order valence-corrected chi connectivity index (χ0v) is 14.8. The number of nitrogens with zero attached hydrogens (tertiary/aromatic N) is 1. The van der Waals surface area contributed by atoms with Crippen LogP contribution in [0.4, 0.5) is 0 Å². The van der Waals surface area contributed by atoms with Gasteiger partial charge in [-0.2, -0.15) is 5.10 Å². The van der Waals surface area contributed by atoms with Gasteiger partial charge in [0.25, 0.3) is 0 Å². The Morgan fingerprint density at radius 2 is 2.13 bits per heavy atom. The van der Waals surface area contributed by atoms with Crippen LogP contribution in [-0.2, 0) is 0 Å². The molecule has 126 valence electrons. The molecule has 0 bridgehead atoms. The normalized spacial score (nSPS) is 22.4. The number of hydrogen-bond donors (Lipinski definition) is 2. The minimum Gasteiger partial charge on any atom is -0.490 e. The van der Waals surface area contributed by atoms with Crippen LogP contribution in [0.3, 0.4) is 0 Å². The summed E-state index contributed by atoms with van der Waals surface area (Å²) in [6.45, 7) is 10.0. The zero-order valence-electron chi connectivity index (χ0n) is 14.8. The molecule has 1 saturated carbocycles. The smallest absolute Gasteiger partial charge is 0.123 e. The van der Waals surface area contributed by atoms with Crippen LogP contribution in [0.2, 0.25) is 0 Å². The summed E-state index contributed by atoms with van der Waals surface area (Å²) in [6.07, 6.45) is 6.93. The maximum absolute atomic E-state index is 6.34. The highest BCUT2D eigenvalue weighted by Gasteiger charge is 2.25. The van der Waals surface area contributed by atoms with Crippen LogP contribution in [0.15, 0.2) is 18.3 Å². The van der Waals surface area contributed by atoms with Crippen molar-refractivity contribution in [1.29, 1.82) is 0 Å². The number of aromatic nitrogens is 2. The molecule has 0 aliphatic heterocycles. The lowest BCUT2D eigenvalue weighted by molar-refractivity contribution is 0.130. The summed E-state index contributed by atoms with van der Waals surface area (Å²) in [5, 5.41) is 12.0. The number of aryl methyl sites for hydroxylation is 1. The Labute approximate surface area is 139 Å². The van der Waals surface area contributed by atoms with E-state index in [4.69, 9.17) is 4.74 Å². The van der Waals surface area contributed by atoms with Crippen molar-refractivity contribution in [2.75, 3.05) is 6.54 Å². The van der Waals surface area contributed by atoms with Crippen LogP contribution in [0, 0.1) is 12.3 Å². The van der Waals surface area contributed by atoms with Crippen LogP contribution >= 0.6 is 0 Å². The van der Waals surface area contributed by atoms with Gasteiger partial charge in [-0.25, -0.2) is 0 Å². The van der Waals surface area contributed by atoms with Gasteiger partial charge in [-0.15, -0.1) is 0 Å². The van der Waals surface area contributed by atoms with Crippen molar-refractivity contribution in [2.45, 2.75) is 65.5 Å². The van der Waals surface area contributed by atoms with Crippen LogP contribution in [0.5, 0.6) is 5.75 Å². The molecule has 0 radical (unpaired) electrons. The molecule has 4 nitrogen and oxygen atoms in total. The molecule has 0 spiro atoms. The predicted octanol–water partition coefficient (Wildman–Crippen LogP) is 4.20. The molecule has 1 aromatic carbocycles. The summed E-state index contributed by atoms with van der Waals surface area (Å²) in [6, 6.07) is 4.70. The number of aromatic amines is 1. The van der Waals surface area contributed by atoms with Gasteiger partial charge in [0.05, 0.1) is 11.7 Å². The largest absolute Gasteiger partial charge is 0.490 e. The Morgan fingerprint density at radius 3 is 2.91 bits per heavy atom. The fraction of sp³-hybridized carbons (Fsp3) is 0.632. The second kappa shape index (κ2) is 6.52. The van der Waals surface area contributed by atoms with Gasteiger partial charge in [-0.1, -0.05) is 20.8 Å². The number of benzene rings is 1. The van der Waals surface area contributed by atoms with E-state index >= 15 is 0 Å². The molecule has 23 heavy (non-hydrogen) atoms. The number of hydrogen-bond acceptors (Lipinski definition) is 3. The Bertz CT molecular complexity index is 656. The topological polar surface area (TPSA) is 49.9 Å². The molecule has 0 unspecified atom stereocenters. The average molecular weight is 315 g/mol. The fourth-order valence-corrected chi connectivity index (χ4v) is 3.33. The molecule has 2 N–H and O–H groups in total. The van der Waals surface area contributed by atoms with E-state index in [1.165, 1.54) is 18.4 Å². The first-order valence-electron chi connectivity index (χ1n) is 8.75. The molecule has 2 aromatic rings. The second-order valence-corrected chi connectivity index (χ2v) is 8.06. The van der Waals surface area contributed by atoms with Gasteiger partial charge in [0.1, 0.15) is 11.9 Å². The van der Waals surface area contributed by atoms with Crippen molar-refractivity contribution in [1.82, 2.24) is 15.5 Å². The zero-order chi connectivity index (χ0) is 16.4. The minimum absolute atomic E-state index is 0.310. The Hall–Kier alpha value is -1.55. The number of H-pyrrole nitrogens is 1. The van der Waals surface area contributed by atoms with Crippen LogP contribution < -0.4 is 10.1 Å². The molecular formula is C19H29N3O. The minimum atomic E-state index is 0.310. The monoisotopic (exact) mass is 315 g/mol. The third-order valence-corrected chi connectivity index (χ3v) is 4.68. The number of fused-ring (bicyclic) bond motifs is 1. The van der Waals surface area contributed by atoms with Crippen LogP contribution in [-0.4, -0.2) is 28.9 Å². The van der Waals surface area contributed by atoms with Crippen molar-refractivity contribution < 1.29 is 4.74 Å². The molecule has 1 heterocycles. The first-order chi connectivity index (χ1) is 10.9. The van der Waals surface area contributed by atoms with E-state index in [0.29, 0.717) is 17.6 Å². The van der Waals surface area contributed by atoms with E-state index in [2.05, 4.69) is 55.3 Å². The van der Waals surface area contributed by atoms with Crippen molar-refractivity contribution in [3.63, 3.8) is 0 Å². The van der Waals surface area contributed by atoms with Gasteiger partial charge >= 0.3 is 0 Å². The Balaban J connectivity index is 1.63. The van der Waals surface area contributed by atoms with Crippen molar-refractivity contribution in [3.05, 3.63) is 23.9 Å². The highest BCUT2D eigenvalue weighted by atomic mass is 16.5. The van der Waals surface area contributed by atoms with E-state index in [0.717, 1.165) is 36.0 Å². The summed E-state index contributed by atoms with van der Waals surface area (Å²) in [7, 11) is 0. The standard InChI is InChI=1S/C19H29N3O/c1-13-16-11-21-22-17(16)8-9-18(13)23-15-7-5-6-14(10-15)20-12-19(2,3)4/h8-9,11,14-15,20H,5-7,10,12H2,1-4H3,(H,21,22)/t14-,15+/m1/s1. The van der Waals surface area contributed by atoms with Crippen molar-refractivity contribution >= 4 is 10.9 Å². The number of ether oxygens (including phenoxy) is 1. The molecule has 3 rings (SSSR count). The van der Waals surface area contributed by atoms with Gasteiger partial charge < -0.3 is 10.1 Å². The number of rotatable bonds is 4. The van der Waals surface area contributed by atoms with E-state index in [-0.39, 0.29) is 0 Å². The van der Waals surface area contributed by atoms with E-state index in [1.54, 1.807) is 0 Å². The van der Waals surface area contributed by atoms with E-state index in [9.17, 15) is 0 Å². The third kappa shape index (κ3) is 4.05. The molecule has 1 aromatic heterocycles. The predicted molar refractivity (Wildman–Crippen MR) is 95.0 cm³/mol. The second-order valence-electron chi connectivity index (χ2n) is 8.06. The van der Waals surface area contributed by atoms with Gasteiger partial charge in [-0.3, -0.25) is 5.10 Å². The lowest BCUT2D eigenvalue weighted by Crippen LogP contribution is -2.41. The van der Waals surface area contributed by atoms with Crippen molar-refractivity contribution in [3.8, 4) is 5.75 Å². The molecular weight excluding hydrogens is 286 g/mol.